The van der Waals surface area contributed by atoms with Crippen molar-refractivity contribution >= 4 is 21.9 Å². The van der Waals surface area contributed by atoms with Crippen molar-refractivity contribution in [2.24, 2.45) is 0 Å². The van der Waals surface area contributed by atoms with Crippen LogP contribution in [-0.2, 0) is 0 Å². The van der Waals surface area contributed by atoms with E-state index in [9.17, 15) is 5.11 Å². The normalized spacial score (nSPS) is 11.2. The van der Waals surface area contributed by atoms with Crippen LogP contribution in [-0.4, -0.2) is 19.6 Å². The van der Waals surface area contributed by atoms with Gasteiger partial charge in [0.2, 0.25) is 0 Å². The second-order valence-electron chi connectivity index (χ2n) is 7.71. The first-order chi connectivity index (χ1) is 15.8. The fraction of sp³-hybridized carbons (Fsp3) is 0. The first-order valence-electron chi connectivity index (χ1n) is 10.5. The van der Waals surface area contributed by atoms with Crippen molar-refractivity contribution in [2.45, 2.75) is 0 Å². The quantitative estimate of drug-likeness (QED) is 0.355. The maximum Gasteiger partial charge on any atom is 0.149 e. The Morgan fingerprint density at radius 3 is 2.25 bits per heavy atom. The molecule has 4 nitrogen and oxygen atoms in total. The van der Waals surface area contributed by atoms with E-state index in [2.05, 4.69) is 39.9 Å². The van der Waals surface area contributed by atoms with Gasteiger partial charge in [-0.15, -0.1) is 0 Å². The molecule has 0 aliphatic carbocycles. The van der Waals surface area contributed by atoms with Crippen molar-refractivity contribution in [1.82, 2.24) is 14.5 Å². The van der Waals surface area contributed by atoms with E-state index in [1.54, 1.807) is 6.20 Å². The van der Waals surface area contributed by atoms with Gasteiger partial charge in [0.1, 0.15) is 17.1 Å². The number of phenolic OH excluding ortho intramolecular Hbond substituents is 1. The molecule has 0 amide bonds. The highest BCUT2D eigenvalue weighted by molar-refractivity contribution is 5.92. The number of phenols is 1. The standard InChI is InChI=1S/C28H19N3O/c32-27-23(17-16-20-7-6-18-29-26(20)27)19-12-14-21(15-13-19)28-30-24-10-4-5-11-25(24)31(28)22-8-2-1-3-9-22/h1-18,32H. The highest BCUT2D eigenvalue weighted by Crippen LogP contribution is 2.36. The number of pyridine rings is 1. The molecule has 0 spiro atoms. The van der Waals surface area contributed by atoms with Gasteiger partial charge in [0, 0.05) is 28.4 Å². The monoisotopic (exact) mass is 413 g/mol. The third kappa shape index (κ3) is 2.93. The molecular weight excluding hydrogens is 394 g/mol. The molecule has 0 unspecified atom stereocenters. The van der Waals surface area contributed by atoms with E-state index in [1.165, 1.54) is 0 Å². The fourth-order valence-corrected chi connectivity index (χ4v) is 4.22. The fourth-order valence-electron chi connectivity index (χ4n) is 4.22. The summed E-state index contributed by atoms with van der Waals surface area (Å²) in [6.45, 7) is 0. The summed E-state index contributed by atoms with van der Waals surface area (Å²) in [6.07, 6.45) is 1.70. The van der Waals surface area contributed by atoms with E-state index in [1.807, 2.05) is 72.8 Å². The summed E-state index contributed by atoms with van der Waals surface area (Å²) in [5.74, 6) is 1.08. The summed E-state index contributed by atoms with van der Waals surface area (Å²) >= 11 is 0. The zero-order valence-electron chi connectivity index (χ0n) is 17.2. The molecule has 152 valence electrons. The van der Waals surface area contributed by atoms with Crippen LogP contribution in [0, 0.1) is 0 Å². The lowest BCUT2D eigenvalue weighted by Crippen LogP contribution is -1.97. The highest BCUT2D eigenvalue weighted by atomic mass is 16.3. The highest BCUT2D eigenvalue weighted by Gasteiger charge is 2.15. The lowest BCUT2D eigenvalue weighted by molar-refractivity contribution is 0.482. The van der Waals surface area contributed by atoms with Gasteiger partial charge in [0.15, 0.2) is 0 Å². The smallest absolute Gasteiger partial charge is 0.149 e. The molecule has 1 N–H and O–H groups in total. The molecule has 0 aliphatic rings. The van der Waals surface area contributed by atoms with Crippen LogP contribution in [0.3, 0.4) is 0 Å². The van der Waals surface area contributed by atoms with E-state index >= 15 is 0 Å². The molecule has 0 saturated carbocycles. The average Bonchev–Trinajstić information content (AvgIpc) is 3.25. The summed E-state index contributed by atoms with van der Waals surface area (Å²) in [5, 5.41) is 11.7. The van der Waals surface area contributed by atoms with Crippen molar-refractivity contribution in [1.29, 1.82) is 0 Å². The van der Waals surface area contributed by atoms with E-state index < -0.39 is 0 Å². The summed E-state index contributed by atoms with van der Waals surface area (Å²) in [4.78, 5) is 9.26. The van der Waals surface area contributed by atoms with Gasteiger partial charge in [0.05, 0.1) is 11.0 Å². The molecule has 0 radical (unpaired) electrons. The number of rotatable bonds is 3. The molecule has 6 aromatic rings. The number of hydrogen-bond acceptors (Lipinski definition) is 3. The van der Waals surface area contributed by atoms with E-state index in [0.717, 1.165) is 44.6 Å². The van der Waals surface area contributed by atoms with Crippen molar-refractivity contribution in [3.8, 4) is 34.0 Å². The molecule has 0 atom stereocenters. The summed E-state index contributed by atoms with van der Waals surface area (Å²) < 4.78 is 2.18. The minimum atomic E-state index is 0.201. The van der Waals surface area contributed by atoms with Crippen LogP contribution in [0.1, 0.15) is 0 Å². The average molecular weight is 413 g/mol. The van der Waals surface area contributed by atoms with Gasteiger partial charge in [-0.3, -0.25) is 9.55 Å². The topological polar surface area (TPSA) is 50.9 Å². The van der Waals surface area contributed by atoms with Crippen LogP contribution in [0.5, 0.6) is 5.75 Å². The Balaban J connectivity index is 1.48. The zero-order valence-corrected chi connectivity index (χ0v) is 17.2. The van der Waals surface area contributed by atoms with Crippen molar-refractivity contribution in [3.63, 3.8) is 0 Å². The Morgan fingerprint density at radius 1 is 0.656 bits per heavy atom. The SMILES string of the molecule is Oc1c(-c2ccc(-c3nc4ccccc4n3-c3ccccc3)cc2)ccc2cccnc12. The van der Waals surface area contributed by atoms with Crippen LogP contribution in [0.4, 0.5) is 0 Å². The Morgan fingerprint density at radius 2 is 1.41 bits per heavy atom. The predicted molar refractivity (Wildman–Crippen MR) is 129 cm³/mol. The molecule has 0 aliphatic heterocycles. The third-order valence-electron chi connectivity index (χ3n) is 5.78. The van der Waals surface area contributed by atoms with Gasteiger partial charge in [0.25, 0.3) is 0 Å². The minimum absolute atomic E-state index is 0.201. The van der Waals surface area contributed by atoms with E-state index in [0.29, 0.717) is 5.52 Å². The molecule has 32 heavy (non-hydrogen) atoms. The third-order valence-corrected chi connectivity index (χ3v) is 5.78. The Bertz CT molecular complexity index is 1570. The summed E-state index contributed by atoms with van der Waals surface area (Å²) in [5.41, 5.74) is 6.40. The maximum atomic E-state index is 10.8. The van der Waals surface area contributed by atoms with Gasteiger partial charge in [-0.2, -0.15) is 0 Å². The second-order valence-corrected chi connectivity index (χ2v) is 7.71. The van der Waals surface area contributed by atoms with E-state index in [4.69, 9.17) is 4.98 Å². The molecule has 6 rings (SSSR count). The molecule has 2 aromatic heterocycles. The predicted octanol–water partition coefficient (Wildman–Crippen LogP) is 6.61. The number of hydrogen-bond donors (Lipinski definition) is 1. The van der Waals surface area contributed by atoms with Crippen molar-refractivity contribution in [3.05, 3.63) is 109 Å². The lowest BCUT2D eigenvalue weighted by Gasteiger charge is -2.11. The number of para-hydroxylation sites is 3. The number of imidazole rings is 1. The number of aromatic nitrogens is 3. The van der Waals surface area contributed by atoms with Crippen molar-refractivity contribution in [2.75, 3.05) is 0 Å². The summed E-state index contributed by atoms with van der Waals surface area (Å²) in [6, 6.07) is 34.3. The molecule has 0 saturated heterocycles. The Labute approximate surface area is 185 Å². The Kier molecular flexibility index (Phi) is 4.22. The van der Waals surface area contributed by atoms with E-state index in [-0.39, 0.29) is 5.75 Å². The van der Waals surface area contributed by atoms with Crippen LogP contribution in [0.2, 0.25) is 0 Å². The number of benzene rings is 4. The molecular formula is C28H19N3O. The largest absolute Gasteiger partial charge is 0.505 e. The lowest BCUT2D eigenvalue weighted by atomic mass is 10.0. The number of nitrogens with zero attached hydrogens (tertiary/aromatic N) is 3. The number of fused-ring (bicyclic) bond motifs is 2. The van der Waals surface area contributed by atoms with Gasteiger partial charge in [-0.25, -0.2) is 4.98 Å². The second kappa shape index (κ2) is 7.36. The number of aromatic hydroxyl groups is 1. The maximum absolute atomic E-state index is 10.8. The Hall–Kier alpha value is -4.44. The first kappa shape index (κ1) is 18.3. The molecule has 4 heteroatoms. The minimum Gasteiger partial charge on any atom is -0.505 e. The van der Waals surface area contributed by atoms with Crippen LogP contribution in [0.15, 0.2) is 109 Å². The molecule has 0 fully saturated rings. The van der Waals surface area contributed by atoms with Crippen LogP contribution >= 0.6 is 0 Å². The molecule has 4 aromatic carbocycles. The van der Waals surface area contributed by atoms with Gasteiger partial charge in [-0.1, -0.05) is 66.7 Å². The van der Waals surface area contributed by atoms with Crippen LogP contribution in [0.25, 0.3) is 50.1 Å². The van der Waals surface area contributed by atoms with Gasteiger partial charge in [-0.05, 0) is 42.0 Å². The van der Waals surface area contributed by atoms with Crippen molar-refractivity contribution < 1.29 is 5.11 Å². The zero-order chi connectivity index (χ0) is 21.5. The van der Waals surface area contributed by atoms with Gasteiger partial charge >= 0.3 is 0 Å². The van der Waals surface area contributed by atoms with Crippen LogP contribution < -0.4 is 0 Å². The summed E-state index contributed by atoms with van der Waals surface area (Å²) in [7, 11) is 0. The molecule has 2 heterocycles. The first-order valence-corrected chi connectivity index (χ1v) is 10.5. The molecule has 0 bridgehead atoms. The van der Waals surface area contributed by atoms with Gasteiger partial charge < -0.3 is 5.11 Å².